The number of ether oxygens (including phenoxy) is 2. The summed E-state index contributed by atoms with van der Waals surface area (Å²) in [5.41, 5.74) is -2.07. The summed E-state index contributed by atoms with van der Waals surface area (Å²) >= 11 is 0. The van der Waals surface area contributed by atoms with Gasteiger partial charge in [-0.05, 0) is 6.92 Å². The molecule has 0 saturated heterocycles. The highest BCUT2D eigenvalue weighted by Crippen LogP contribution is 2.39. The zero-order chi connectivity index (χ0) is 18.5. The van der Waals surface area contributed by atoms with E-state index in [0.29, 0.717) is 0 Å². The van der Waals surface area contributed by atoms with Crippen molar-refractivity contribution in [1.29, 1.82) is 0 Å². The standard InChI is InChI=1S/C11H13N3O9S/c1-3-23-10(15)6-24(20,21)12-7-4-8(13(16)17)11(22-2)9(5-7)14(18)19/h4-5,12H,3,6H2,1-2H3. The second-order valence-corrected chi connectivity index (χ2v) is 5.95. The molecule has 0 unspecified atom stereocenters. The molecule has 0 radical (unpaired) electrons. The minimum absolute atomic E-state index is 0.0339. The number of nitrogens with one attached hydrogen (secondary N) is 1. The highest BCUT2D eigenvalue weighted by Gasteiger charge is 2.29. The van der Waals surface area contributed by atoms with Gasteiger partial charge in [-0.1, -0.05) is 0 Å². The summed E-state index contributed by atoms with van der Waals surface area (Å²) in [7, 11) is -3.27. The molecule has 0 heterocycles. The number of nitro benzene ring substituents is 2. The fourth-order valence-electron chi connectivity index (χ4n) is 1.71. The molecular weight excluding hydrogens is 350 g/mol. The first-order valence-corrected chi connectivity index (χ1v) is 7.93. The van der Waals surface area contributed by atoms with Crippen LogP contribution in [0.5, 0.6) is 5.75 Å². The van der Waals surface area contributed by atoms with Crippen LogP contribution in [0.15, 0.2) is 12.1 Å². The monoisotopic (exact) mass is 363 g/mol. The van der Waals surface area contributed by atoms with Crippen LogP contribution in [0.4, 0.5) is 17.1 Å². The molecule has 1 N–H and O–H groups in total. The molecule has 0 saturated carbocycles. The van der Waals surface area contributed by atoms with Crippen LogP contribution in [0.3, 0.4) is 0 Å². The summed E-state index contributed by atoms with van der Waals surface area (Å²) in [6.07, 6.45) is 0. The minimum Gasteiger partial charge on any atom is -0.485 e. The number of sulfonamides is 1. The molecule has 0 aromatic heterocycles. The number of nitrogens with zero attached hydrogens (tertiary/aromatic N) is 2. The number of carbonyl (C=O) groups is 1. The van der Waals surface area contributed by atoms with Gasteiger partial charge in [0.2, 0.25) is 10.0 Å². The summed E-state index contributed by atoms with van der Waals surface area (Å²) in [5.74, 6) is -2.71. The topological polar surface area (TPSA) is 168 Å². The Morgan fingerprint density at radius 1 is 1.21 bits per heavy atom. The smallest absolute Gasteiger partial charge is 0.323 e. The fraction of sp³-hybridized carbons (Fsp3) is 0.364. The normalized spacial score (nSPS) is 10.8. The first-order chi connectivity index (χ1) is 11.1. The van der Waals surface area contributed by atoms with Gasteiger partial charge >= 0.3 is 17.3 Å². The molecule has 1 aromatic rings. The number of rotatable bonds is 8. The number of anilines is 1. The van der Waals surface area contributed by atoms with Gasteiger partial charge in [-0.25, -0.2) is 8.42 Å². The van der Waals surface area contributed by atoms with Crippen LogP contribution < -0.4 is 9.46 Å². The second-order valence-electron chi connectivity index (χ2n) is 4.23. The Morgan fingerprint density at radius 2 is 1.71 bits per heavy atom. The first kappa shape index (κ1) is 19.1. The maximum absolute atomic E-state index is 11.8. The number of nitro groups is 2. The van der Waals surface area contributed by atoms with Crippen LogP contribution >= 0.6 is 0 Å². The molecule has 0 spiro atoms. The molecule has 24 heavy (non-hydrogen) atoms. The van der Waals surface area contributed by atoms with Crippen molar-refractivity contribution >= 4 is 33.1 Å². The van der Waals surface area contributed by atoms with Gasteiger partial charge in [0.1, 0.15) is 0 Å². The summed E-state index contributed by atoms with van der Waals surface area (Å²) in [6.45, 7) is 1.45. The predicted molar refractivity (Wildman–Crippen MR) is 80.3 cm³/mol. The van der Waals surface area contributed by atoms with Gasteiger partial charge < -0.3 is 9.47 Å². The molecule has 0 bridgehead atoms. The Hall–Kier alpha value is -2.96. The quantitative estimate of drug-likeness (QED) is 0.399. The Kier molecular flexibility index (Phi) is 6.00. The average Bonchev–Trinajstić information content (AvgIpc) is 2.45. The molecule has 0 fully saturated rings. The van der Waals surface area contributed by atoms with Crippen molar-refractivity contribution in [1.82, 2.24) is 0 Å². The van der Waals surface area contributed by atoms with Gasteiger partial charge in [-0.2, -0.15) is 0 Å². The molecule has 13 heteroatoms. The summed E-state index contributed by atoms with van der Waals surface area (Å²) < 4.78 is 34.6. The Balaban J connectivity index is 3.28. The van der Waals surface area contributed by atoms with E-state index in [-0.39, 0.29) is 6.61 Å². The van der Waals surface area contributed by atoms with E-state index in [2.05, 4.69) is 9.47 Å². The summed E-state index contributed by atoms with van der Waals surface area (Å²) in [6, 6.07) is 1.49. The molecule has 1 rings (SSSR count). The molecule has 132 valence electrons. The number of methoxy groups -OCH3 is 1. The van der Waals surface area contributed by atoms with Crippen molar-refractivity contribution in [3.8, 4) is 5.75 Å². The highest BCUT2D eigenvalue weighted by atomic mass is 32.2. The molecule has 0 aliphatic heterocycles. The average molecular weight is 363 g/mol. The van der Waals surface area contributed by atoms with Crippen LogP contribution in [0.25, 0.3) is 0 Å². The van der Waals surface area contributed by atoms with E-state index in [9.17, 15) is 33.4 Å². The van der Waals surface area contributed by atoms with Gasteiger partial charge in [0.15, 0.2) is 5.75 Å². The molecular formula is C11H13N3O9S. The third-order valence-electron chi connectivity index (χ3n) is 2.53. The van der Waals surface area contributed by atoms with E-state index in [4.69, 9.17) is 0 Å². The lowest BCUT2D eigenvalue weighted by atomic mass is 10.2. The Bertz CT molecular complexity index is 740. The lowest BCUT2D eigenvalue weighted by molar-refractivity contribution is -0.395. The van der Waals surface area contributed by atoms with E-state index in [1.807, 2.05) is 4.72 Å². The number of benzene rings is 1. The van der Waals surface area contributed by atoms with Crippen LogP contribution in [0.2, 0.25) is 0 Å². The van der Waals surface area contributed by atoms with Gasteiger partial charge in [0.05, 0.1) is 29.3 Å². The van der Waals surface area contributed by atoms with E-state index in [1.165, 1.54) is 6.92 Å². The minimum atomic E-state index is -4.27. The highest BCUT2D eigenvalue weighted by molar-refractivity contribution is 7.93. The van der Waals surface area contributed by atoms with E-state index < -0.39 is 54.4 Å². The number of carbonyl (C=O) groups excluding carboxylic acids is 1. The number of hydrogen-bond donors (Lipinski definition) is 1. The van der Waals surface area contributed by atoms with E-state index >= 15 is 0 Å². The zero-order valence-electron chi connectivity index (χ0n) is 12.5. The number of hydrogen-bond acceptors (Lipinski definition) is 9. The van der Waals surface area contributed by atoms with Gasteiger partial charge in [0, 0.05) is 12.1 Å². The van der Waals surface area contributed by atoms with Gasteiger partial charge in [0.25, 0.3) is 5.75 Å². The van der Waals surface area contributed by atoms with Crippen molar-refractivity contribution in [3.63, 3.8) is 0 Å². The van der Waals surface area contributed by atoms with Crippen molar-refractivity contribution in [3.05, 3.63) is 32.4 Å². The van der Waals surface area contributed by atoms with Crippen LogP contribution in [0, 0.1) is 20.2 Å². The summed E-state index contributed by atoms with van der Waals surface area (Å²) in [4.78, 5) is 31.3. The fourth-order valence-corrected chi connectivity index (χ4v) is 2.65. The SMILES string of the molecule is CCOC(=O)CS(=O)(=O)Nc1cc([N+](=O)[O-])c(OC)c([N+](=O)[O-])c1. The second kappa shape index (κ2) is 7.54. The zero-order valence-corrected chi connectivity index (χ0v) is 13.4. The van der Waals surface area contributed by atoms with Crippen LogP contribution in [-0.2, 0) is 19.6 Å². The molecule has 12 nitrogen and oxygen atoms in total. The maximum Gasteiger partial charge on any atom is 0.323 e. The number of esters is 1. The molecule has 0 amide bonds. The van der Waals surface area contributed by atoms with Gasteiger partial charge in [-0.3, -0.25) is 29.7 Å². The molecule has 0 aliphatic carbocycles. The lowest BCUT2D eigenvalue weighted by Crippen LogP contribution is -2.24. The third-order valence-corrected chi connectivity index (χ3v) is 3.70. The van der Waals surface area contributed by atoms with Crippen LogP contribution in [-0.4, -0.2) is 43.7 Å². The largest absolute Gasteiger partial charge is 0.485 e. The Morgan fingerprint density at radius 3 is 2.08 bits per heavy atom. The van der Waals surface area contributed by atoms with Crippen molar-refractivity contribution in [2.75, 3.05) is 24.2 Å². The third kappa shape index (κ3) is 4.77. The molecule has 1 aromatic carbocycles. The first-order valence-electron chi connectivity index (χ1n) is 6.28. The predicted octanol–water partition coefficient (Wildman–Crippen LogP) is 0.816. The summed E-state index contributed by atoms with van der Waals surface area (Å²) in [5, 5.41) is 22.0. The van der Waals surface area contributed by atoms with Crippen molar-refractivity contribution in [2.24, 2.45) is 0 Å². The Labute approximate surface area is 135 Å². The lowest BCUT2D eigenvalue weighted by Gasteiger charge is -2.09. The molecule has 0 aliphatic rings. The maximum atomic E-state index is 11.8. The molecule has 0 atom stereocenters. The van der Waals surface area contributed by atoms with Crippen LogP contribution in [0.1, 0.15) is 6.92 Å². The van der Waals surface area contributed by atoms with Crippen molar-refractivity contribution in [2.45, 2.75) is 6.92 Å². The van der Waals surface area contributed by atoms with Gasteiger partial charge in [-0.15, -0.1) is 0 Å². The van der Waals surface area contributed by atoms with E-state index in [0.717, 1.165) is 19.2 Å². The van der Waals surface area contributed by atoms with Crippen molar-refractivity contribution < 1.29 is 32.5 Å². The van der Waals surface area contributed by atoms with E-state index in [1.54, 1.807) is 0 Å².